The molecule has 3 heteroatoms. The van der Waals surface area contributed by atoms with E-state index in [1.54, 1.807) is 11.3 Å². The van der Waals surface area contributed by atoms with Crippen LogP contribution in [0.1, 0.15) is 50.6 Å². The standard InChI is InChI=1S/C21H24N2S.C2H6/c1-14-8-6-9-16(12-14)19-15(2)24-20(23-19)22-18-11-7-10-17(13-18)21(3,4)5;1-2/h6-13H,1-5H3,(H,22,23);1-2H3. The number of aromatic nitrogens is 1. The maximum atomic E-state index is 4.82. The van der Waals surface area contributed by atoms with Crippen molar-refractivity contribution in [3.8, 4) is 11.3 Å². The lowest BCUT2D eigenvalue weighted by molar-refractivity contribution is 0.590. The highest BCUT2D eigenvalue weighted by Crippen LogP contribution is 2.33. The summed E-state index contributed by atoms with van der Waals surface area (Å²) >= 11 is 1.70. The zero-order valence-corrected chi connectivity index (χ0v) is 17.8. The van der Waals surface area contributed by atoms with E-state index in [-0.39, 0.29) is 5.41 Å². The molecule has 0 aliphatic rings. The number of nitrogens with zero attached hydrogens (tertiary/aromatic N) is 1. The first kappa shape index (κ1) is 20.2. The van der Waals surface area contributed by atoms with Gasteiger partial charge in [-0.25, -0.2) is 4.98 Å². The van der Waals surface area contributed by atoms with Crippen molar-refractivity contribution in [2.75, 3.05) is 5.32 Å². The van der Waals surface area contributed by atoms with Gasteiger partial charge >= 0.3 is 0 Å². The van der Waals surface area contributed by atoms with Crippen LogP contribution in [0.4, 0.5) is 10.8 Å². The van der Waals surface area contributed by atoms with E-state index in [0.29, 0.717) is 0 Å². The fourth-order valence-corrected chi connectivity index (χ4v) is 3.55. The van der Waals surface area contributed by atoms with Crippen LogP contribution in [0.3, 0.4) is 0 Å². The number of rotatable bonds is 3. The Hall–Kier alpha value is -2.13. The molecule has 2 aromatic carbocycles. The molecule has 0 bridgehead atoms. The topological polar surface area (TPSA) is 24.9 Å². The summed E-state index contributed by atoms with van der Waals surface area (Å²) in [5, 5.41) is 4.41. The summed E-state index contributed by atoms with van der Waals surface area (Å²) in [5.74, 6) is 0. The van der Waals surface area contributed by atoms with Crippen LogP contribution in [0.5, 0.6) is 0 Å². The molecule has 0 aliphatic heterocycles. The number of thiazole rings is 1. The van der Waals surface area contributed by atoms with Gasteiger partial charge in [0.15, 0.2) is 5.13 Å². The molecule has 2 nitrogen and oxygen atoms in total. The molecule has 0 aliphatic carbocycles. The highest BCUT2D eigenvalue weighted by Gasteiger charge is 2.14. The molecule has 3 aromatic rings. The average molecular weight is 367 g/mol. The van der Waals surface area contributed by atoms with Gasteiger partial charge in [-0.05, 0) is 43.0 Å². The van der Waals surface area contributed by atoms with Gasteiger partial charge in [-0.1, -0.05) is 70.5 Å². The van der Waals surface area contributed by atoms with Crippen LogP contribution < -0.4 is 5.32 Å². The minimum absolute atomic E-state index is 0.142. The van der Waals surface area contributed by atoms with Crippen molar-refractivity contribution in [1.29, 1.82) is 0 Å². The Labute approximate surface area is 162 Å². The maximum Gasteiger partial charge on any atom is 0.187 e. The van der Waals surface area contributed by atoms with Crippen molar-refractivity contribution in [1.82, 2.24) is 4.98 Å². The first-order valence-electron chi connectivity index (χ1n) is 9.25. The number of anilines is 2. The van der Waals surface area contributed by atoms with E-state index in [1.807, 2.05) is 13.8 Å². The van der Waals surface area contributed by atoms with Crippen LogP contribution in [-0.4, -0.2) is 4.98 Å². The monoisotopic (exact) mass is 366 g/mol. The summed E-state index contributed by atoms with van der Waals surface area (Å²) < 4.78 is 0. The van der Waals surface area contributed by atoms with Crippen molar-refractivity contribution < 1.29 is 0 Å². The summed E-state index contributed by atoms with van der Waals surface area (Å²) in [5.41, 5.74) is 6.06. The zero-order valence-electron chi connectivity index (χ0n) is 17.0. The summed E-state index contributed by atoms with van der Waals surface area (Å²) in [6.45, 7) is 14.9. The molecule has 1 aromatic heterocycles. The number of benzene rings is 2. The second kappa shape index (κ2) is 8.50. The highest BCUT2D eigenvalue weighted by atomic mass is 32.1. The minimum Gasteiger partial charge on any atom is -0.332 e. The normalized spacial score (nSPS) is 10.9. The quantitative estimate of drug-likeness (QED) is 0.519. The van der Waals surface area contributed by atoms with Gasteiger partial charge in [-0.3, -0.25) is 0 Å². The Morgan fingerprint density at radius 1 is 0.923 bits per heavy atom. The molecule has 0 saturated heterocycles. The molecule has 0 spiro atoms. The summed E-state index contributed by atoms with van der Waals surface area (Å²) in [6.07, 6.45) is 0. The Morgan fingerprint density at radius 3 is 2.27 bits per heavy atom. The molecule has 26 heavy (non-hydrogen) atoms. The maximum absolute atomic E-state index is 4.82. The zero-order chi connectivity index (χ0) is 19.3. The lowest BCUT2D eigenvalue weighted by Gasteiger charge is -2.19. The SMILES string of the molecule is CC.Cc1cccc(-c2nc(Nc3cccc(C(C)(C)C)c3)sc2C)c1. The van der Waals surface area contributed by atoms with Gasteiger partial charge in [0.05, 0.1) is 5.69 Å². The molecular weight excluding hydrogens is 336 g/mol. The fourth-order valence-electron chi connectivity index (χ4n) is 2.70. The molecule has 0 unspecified atom stereocenters. The van der Waals surface area contributed by atoms with E-state index >= 15 is 0 Å². The predicted molar refractivity (Wildman–Crippen MR) is 117 cm³/mol. The molecule has 138 valence electrons. The molecule has 3 rings (SSSR count). The van der Waals surface area contributed by atoms with E-state index in [2.05, 4.69) is 88.5 Å². The lowest BCUT2D eigenvalue weighted by Crippen LogP contribution is -2.10. The molecule has 0 radical (unpaired) electrons. The van der Waals surface area contributed by atoms with E-state index in [1.165, 1.54) is 21.6 Å². The number of hydrogen-bond donors (Lipinski definition) is 1. The van der Waals surface area contributed by atoms with Gasteiger partial charge in [-0.15, -0.1) is 11.3 Å². The van der Waals surface area contributed by atoms with Crippen molar-refractivity contribution in [2.24, 2.45) is 0 Å². The first-order chi connectivity index (χ1) is 12.3. The van der Waals surface area contributed by atoms with Crippen LogP contribution in [0.15, 0.2) is 48.5 Å². The Kier molecular flexibility index (Phi) is 6.60. The largest absolute Gasteiger partial charge is 0.332 e. The van der Waals surface area contributed by atoms with E-state index in [4.69, 9.17) is 4.98 Å². The van der Waals surface area contributed by atoms with Crippen LogP contribution in [0.2, 0.25) is 0 Å². The summed E-state index contributed by atoms with van der Waals surface area (Å²) in [6, 6.07) is 17.1. The van der Waals surface area contributed by atoms with E-state index < -0.39 is 0 Å². The number of nitrogens with one attached hydrogen (secondary N) is 1. The second-order valence-corrected chi connectivity index (χ2v) is 8.45. The molecular formula is C23H30N2S. The smallest absolute Gasteiger partial charge is 0.187 e. The summed E-state index contributed by atoms with van der Waals surface area (Å²) in [7, 11) is 0. The molecule has 1 N–H and O–H groups in total. The van der Waals surface area contributed by atoms with Gasteiger partial charge < -0.3 is 5.32 Å². The summed E-state index contributed by atoms with van der Waals surface area (Å²) in [4.78, 5) is 6.05. The molecule has 1 heterocycles. The minimum atomic E-state index is 0.142. The van der Waals surface area contributed by atoms with Crippen LogP contribution in [0, 0.1) is 13.8 Å². The van der Waals surface area contributed by atoms with Gasteiger partial charge in [0, 0.05) is 16.1 Å². The Morgan fingerprint density at radius 2 is 1.62 bits per heavy atom. The molecule has 0 fully saturated rings. The third kappa shape index (κ3) is 4.95. The van der Waals surface area contributed by atoms with Crippen molar-refractivity contribution in [2.45, 2.75) is 53.9 Å². The molecule has 0 atom stereocenters. The van der Waals surface area contributed by atoms with Crippen molar-refractivity contribution in [3.05, 3.63) is 64.5 Å². The number of aryl methyl sites for hydroxylation is 2. The van der Waals surface area contributed by atoms with E-state index in [0.717, 1.165) is 16.5 Å². The Balaban J connectivity index is 0.00000117. The number of hydrogen-bond acceptors (Lipinski definition) is 3. The lowest BCUT2D eigenvalue weighted by atomic mass is 9.87. The average Bonchev–Trinajstić information content (AvgIpc) is 2.96. The van der Waals surface area contributed by atoms with Crippen molar-refractivity contribution >= 4 is 22.2 Å². The van der Waals surface area contributed by atoms with Crippen LogP contribution in [0.25, 0.3) is 11.3 Å². The molecule has 0 amide bonds. The van der Waals surface area contributed by atoms with Gasteiger partial charge in [-0.2, -0.15) is 0 Å². The van der Waals surface area contributed by atoms with Crippen LogP contribution in [-0.2, 0) is 5.41 Å². The molecule has 0 saturated carbocycles. The predicted octanol–water partition coefficient (Wildman–Crippen LogP) is 7.49. The first-order valence-corrected chi connectivity index (χ1v) is 10.1. The van der Waals surface area contributed by atoms with Crippen molar-refractivity contribution in [3.63, 3.8) is 0 Å². The van der Waals surface area contributed by atoms with Crippen LogP contribution >= 0.6 is 11.3 Å². The second-order valence-electron chi connectivity index (χ2n) is 7.25. The fraction of sp³-hybridized carbons (Fsp3) is 0.348. The van der Waals surface area contributed by atoms with Gasteiger partial charge in [0.2, 0.25) is 0 Å². The third-order valence-electron chi connectivity index (χ3n) is 4.07. The third-order valence-corrected chi connectivity index (χ3v) is 4.95. The van der Waals surface area contributed by atoms with Gasteiger partial charge in [0.1, 0.15) is 0 Å². The van der Waals surface area contributed by atoms with Gasteiger partial charge in [0.25, 0.3) is 0 Å². The van der Waals surface area contributed by atoms with E-state index in [9.17, 15) is 0 Å². The highest BCUT2D eigenvalue weighted by molar-refractivity contribution is 7.16. The Bertz CT molecular complexity index is 857.